The number of hydrazine groups is 1. The zero-order valence-electron chi connectivity index (χ0n) is 11.5. The fourth-order valence-electron chi connectivity index (χ4n) is 2.95. The average Bonchev–Trinajstić information content (AvgIpc) is 2.88. The summed E-state index contributed by atoms with van der Waals surface area (Å²) in [5.41, 5.74) is 4.72. The Hall–Kier alpha value is -1.01. The van der Waals surface area contributed by atoms with Crippen molar-refractivity contribution in [2.24, 2.45) is 11.8 Å². The lowest BCUT2D eigenvalue weighted by Crippen LogP contribution is -2.42. The first kappa shape index (κ1) is 14.4. The molecular formula is C13H22F2N4. The minimum atomic E-state index is -2.53. The molecule has 1 aromatic heterocycles. The van der Waals surface area contributed by atoms with Crippen molar-refractivity contribution in [3.63, 3.8) is 0 Å². The van der Waals surface area contributed by atoms with Gasteiger partial charge in [0, 0.05) is 37.5 Å². The van der Waals surface area contributed by atoms with E-state index in [2.05, 4.69) is 10.5 Å². The minimum absolute atomic E-state index is 0.0259. The highest BCUT2D eigenvalue weighted by molar-refractivity contribution is 5.11. The van der Waals surface area contributed by atoms with E-state index in [1.165, 1.54) is 0 Å². The van der Waals surface area contributed by atoms with Crippen LogP contribution in [0.2, 0.25) is 0 Å². The van der Waals surface area contributed by atoms with Gasteiger partial charge in [-0.2, -0.15) is 5.10 Å². The standard InChI is InChI=1S/C13H22F2N4/c1-3-19-11(6-9(2)18-19)7-12(17-16)10-4-5-13(14,15)8-10/h6,10,12,17H,3-5,7-8,16H2,1-2H3. The van der Waals surface area contributed by atoms with E-state index in [-0.39, 0.29) is 24.8 Å². The van der Waals surface area contributed by atoms with Crippen LogP contribution in [0.5, 0.6) is 0 Å². The summed E-state index contributed by atoms with van der Waals surface area (Å²) in [4.78, 5) is 0. The molecule has 0 spiro atoms. The van der Waals surface area contributed by atoms with Crippen molar-refractivity contribution in [3.05, 3.63) is 17.5 Å². The molecule has 1 aliphatic carbocycles. The number of hydrogen-bond donors (Lipinski definition) is 2. The lowest BCUT2D eigenvalue weighted by molar-refractivity contribution is 0.00327. The Morgan fingerprint density at radius 1 is 1.63 bits per heavy atom. The topological polar surface area (TPSA) is 55.9 Å². The molecule has 0 radical (unpaired) electrons. The third-order valence-electron chi connectivity index (χ3n) is 3.94. The van der Waals surface area contributed by atoms with Crippen molar-refractivity contribution in [2.45, 2.75) is 58.0 Å². The number of halogens is 2. The summed E-state index contributed by atoms with van der Waals surface area (Å²) in [5.74, 6) is 2.97. The van der Waals surface area contributed by atoms with Crippen molar-refractivity contribution >= 4 is 0 Å². The molecule has 1 fully saturated rings. The summed E-state index contributed by atoms with van der Waals surface area (Å²) in [5, 5.41) is 4.37. The SMILES string of the molecule is CCn1nc(C)cc1CC(NN)C1CCC(F)(F)C1. The summed E-state index contributed by atoms with van der Waals surface area (Å²) in [6.07, 6.45) is 1.08. The van der Waals surface area contributed by atoms with Crippen LogP contribution in [0.4, 0.5) is 8.78 Å². The molecular weight excluding hydrogens is 250 g/mol. The van der Waals surface area contributed by atoms with Crippen molar-refractivity contribution in [3.8, 4) is 0 Å². The molecule has 19 heavy (non-hydrogen) atoms. The van der Waals surface area contributed by atoms with E-state index in [1.807, 2.05) is 24.6 Å². The summed E-state index contributed by atoms with van der Waals surface area (Å²) < 4.78 is 28.5. The van der Waals surface area contributed by atoms with Gasteiger partial charge in [0.2, 0.25) is 5.92 Å². The number of rotatable bonds is 5. The highest BCUT2D eigenvalue weighted by Crippen LogP contribution is 2.40. The van der Waals surface area contributed by atoms with E-state index in [0.717, 1.165) is 17.9 Å². The second kappa shape index (κ2) is 5.54. The Bertz CT molecular complexity index is 430. The van der Waals surface area contributed by atoms with Crippen LogP contribution >= 0.6 is 0 Å². The van der Waals surface area contributed by atoms with Crippen LogP contribution in [-0.4, -0.2) is 21.7 Å². The minimum Gasteiger partial charge on any atom is -0.271 e. The van der Waals surface area contributed by atoms with Crippen molar-refractivity contribution in [1.29, 1.82) is 0 Å². The molecule has 0 saturated heterocycles. The van der Waals surface area contributed by atoms with Crippen molar-refractivity contribution in [1.82, 2.24) is 15.2 Å². The average molecular weight is 272 g/mol. The number of aryl methyl sites for hydroxylation is 2. The smallest absolute Gasteiger partial charge is 0.248 e. The lowest BCUT2D eigenvalue weighted by atomic mass is 9.94. The number of hydrogen-bond acceptors (Lipinski definition) is 3. The van der Waals surface area contributed by atoms with Crippen molar-refractivity contribution < 1.29 is 8.78 Å². The highest BCUT2D eigenvalue weighted by Gasteiger charge is 2.42. The van der Waals surface area contributed by atoms with E-state index >= 15 is 0 Å². The van der Waals surface area contributed by atoms with Gasteiger partial charge in [-0.1, -0.05) is 0 Å². The van der Waals surface area contributed by atoms with Crippen LogP contribution < -0.4 is 11.3 Å². The Kier molecular flexibility index (Phi) is 4.20. The van der Waals surface area contributed by atoms with Crippen molar-refractivity contribution in [2.75, 3.05) is 0 Å². The van der Waals surface area contributed by atoms with E-state index in [0.29, 0.717) is 12.8 Å². The fraction of sp³-hybridized carbons (Fsp3) is 0.769. The molecule has 2 rings (SSSR count). The maximum atomic E-state index is 13.3. The first-order chi connectivity index (χ1) is 8.95. The number of nitrogens with zero attached hydrogens (tertiary/aromatic N) is 2. The predicted octanol–water partition coefficient (Wildman–Crippen LogP) is 2.02. The molecule has 1 aromatic rings. The van der Waals surface area contributed by atoms with Gasteiger partial charge in [-0.3, -0.25) is 16.0 Å². The molecule has 3 N–H and O–H groups in total. The lowest BCUT2D eigenvalue weighted by Gasteiger charge is -2.23. The Labute approximate surface area is 112 Å². The van der Waals surface area contributed by atoms with Gasteiger partial charge in [-0.15, -0.1) is 0 Å². The third-order valence-corrected chi connectivity index (χ3v) is 3.94. The number of aromatic nitrogens is 2. The first-order valence-electron chi connectivity index (χ1n) is 6.82. The summed E-state index contributed by atoms with van der Waals surface area (Å²) in [6, 6.07) is 1.88. The Morgan fingerprint density at radius 2 is 2.37 bits per heavy atom. The van der Waals surface area contributed by atoms with Crippen LogP contribution in [0.15, 0.2) is 6.07 Å². The van der Waals surface area contributed by atoms with Gasteiger partial charge >= 0.3 is 0 Å². The van der Waals surface area contributed by atoms with Gasteiger partial charge < -0.3 is 0 Å². The van der Waals surface area contributed by atoms with Gasteiger partial charge in [-0.25, -0.2) is 8.78 Å². The maximum Gasteiger partial charge on any atom is 0.248 e. The Balaban J connectivity index is 2.07. The fourth-order valence-corrected chi connectivity index (χ4v) is 2.95. The largest absolute Gasteiger partial charge is 0.271 e. The molecule has 1 heterocycles. The zero-order valence-corrected chi connectivity index (χ0v) is 11.5. The van der Waals surface area contributed by atoms with Crippen LogP contribution in [0, 0.1) is 12.8 Å². The number of nitrogens with one attached hydrogen (secondary N) is 1. The van der Waals surface area contributed by atoms with Gasteiger partial charge in [-0.05, 0) is 32.3 Å². The normalized spacial score (nSPS) is 23.7. The van der Waals surface area contributed by atoms with Gasteiger partial charge in [0.1, 0.15) is 0 Å². The molecule has 6 heteroatoms. The molecule has 2 atom stereocenters. The van der Waals surface area contributed by atoms with Gasteiger partial charge in [0.05, 0.1) is 5.69 Å². The summed E-state index contributed by atoms with van der Waals surface area (Å²) >= 11 is 0. The number of alkyl halides is 2. The quantitative estimate of drug-likeness (QED) is 0.637. The van der Waals surface area contributed by atoms with Crippen LogP contribution in [0.1, 0.15) is 37.6 Å². The molecule has 1 aliphatic rings. The van der Waals surface area contributed by atoms with E-state index in [4.69, 9.17) is 5.84 Å². The molecule has 108 valence electrons. The summed E-state index contributed by atoms with van der Waals surface area (Å²) in [6.45, 7) is 4.73. The molecule has 0 bridgehead atoms. The molecule has 0 aromatic carbocycles. The number of nitrogens with two attached hydrogens (primary N) is 1. The zero-order chi connectivity index (χ0) is 14.0. The molecule has 0 amide bonds. The van der Waals surface area contributed by atoms with Crippen LogP contribution in [-0.2, 0) is 13.0 Å². The molecule has 0 aliphatic heterocycles. The van der Waals surface area contributed by atoms with Gasteiger partial charge in [0.15, 0.2) is 0 Å². The monoisotopic (exact) mass is 272 g/mol. The second-order valence-corrected chi connectivity index (χ2v) is 5.43. The predicted molar refractivity (Wildman–Crippen MR) is 69.7 cm³/mol. The van der Waals surface area contributed by atoms with E-state index in [1.54, 1.807) is 0 Å². The molecule has 1 saturated carbocycles. The molecule has 4 nitrogen and oxygen atoms in total. The highest BCUT2D eigenvalue weighted by atomic mass is 19.3. The Morgan fingerprint density at radius 3 is 2.89 bits per heavy atom. The third kappa shape index (κ3) is 3.30. The maximum absolute atomic E-state index is 13.3. The van der Waals surface area contributed by atoms with Crippen LogP contribution in [0.3, 0.4) is 0 Å². The second-order valence-electron chi connectivity index (χ2n) is 5.43. The van der Waals surface area contributed by atoms with E-state index < -0.39 is 5.92 Å². The van der Waals surface area contributed by atoms with Crippen LogP contribution in [0.25, 0.3) is 0 Å². The summed E-state index contributed by atoms with van der Waals surface area (Å²) in [7, 11) is 0. The molecule has 2 unspecified atom stereocenters. The van der Waals surface area contributed by atoms with E-state index in [9.17, 15) is 8.78 Å². The first-order valence-corrected chi connectivity index (χ1v) is 6.82. The van der Waals surface area contributed by atoms with Gasteiger partial charge in [0.25, 0.3) is 0 Å².